The quantitative estimate of drug-likeness (QED) is 0.786. The molecule has 0 unspecified atom stereocenters. The first-order chi connectivity index (χ1) is 8.97. The summed E-state index contributed by atoms with van der Waals surface area (Å²) in [6.07, 6.45) is 0. The summed E-state index contributed by atoms with van der Waals surface area (Å²) in [5.41, 5.74) is 0.760. The fourth-order valence-electron chi connectivity index (χ4n) is 1.42. The van der Waals surface area contributed by atoms with Crippen LogP contribution in [-0.2, 0) is 0 Å². The first-order valence-corrected chi connectivity index (χ1v) is 6.74. The molecule has 0 atom stereocenters. The molecule has 2 nitrogen and oxygen atoms in total. The molecule has 0 aromatic heterocycles. The van der Waals surface area contributed by atoms with Crippen molar-refractivity contribution in [2.75, 3.05) is 5.32 Å². The molecule has 0 spiro atoms. The summed E-state index contributed by atoms with van der Waals surface area (Å²) in [5.74, 6) is -0.814. The summed E-state index contributed by atoms with van der Waals surface area (Å²) >= 11 is 14.7. The van der Waals surface area contributed by atoms with Crippen molar-refractivity contribution in [1.29, 1.82) is 0 Å². The van der Waals surface area contributed by atoms with Crippen LogP contribution >= 0.6 is 39.1 Å². The van der Waals surface area contributed by atoms with E-state index < -0.39 is 5.82 Å². The lowest BCUT2D eigenvalue weighted by Crippen LogP contribution is -2.12. The van der Waals surface area contributed by atoms with Crippen LogP contribution < -0.4 is 5.32 Å². The molecule has 1 N–H and O–H groups in total. The number of nitrogens with one attached hydrogen (secondary N) is 1. The predicted octanol–water partition coefficient (Wildman–Crippen LogP) is 5.15. The van der Waals surface area contributed by atoms with Crippen molar-refractivity contribution < 1.29 is 9.18 Å². The van der Waals surface area contributed by atoms with Gasteiger partial charge in [-0.15, -0.1) is 0 Å². The number of amides is 1. The van der Waals surface area contributed by atoms with Gasteiger partial charge in [-0.3, -0.25) is 4.79 Å². The van der Waals surface area contributed by atoms with Gasteiger partial charge < -0.3 is 5.32 Å². The number of halogens is 4. The van der Waals surface area contributed by atoms with Crippen LogP contribution in [0.25, 0.3) is 0 Å². The molecule has 0 bridgehead atoms. The second kappa shape index (κ2) is 5.90. The van der Waals surface area contributed by atoms with Gasteiger partial charge in [-0.2, -0.15) is 0 Å². The zero-order chi connectivity index (χ0) is 14.0. The van der Waals surface area contributed by atoms with Gasteiger partial charge in [-0.25, -0.2) is 4.39 Å². The minimum absolute atomic E-state index is 0.224. The highest BCUT2D eigenvalue weighted by atomic mass is 79.9. The molecule has 6 heteroatoms. The summed E-state index contributed by atoms with van der Waals surface area (Å²) in [6.45, 7) is 0. The van der Waals surface area contributed by atoms with Crippen molar-refractivity contribution in [3.63, 3.8) is 0 Å². The zero-order valence-corrected chi connectivity index (χ0v) is 12.5. The number of hydrogen-bond donors (Lipinski definition) is 1. The average Bonchev–Trinajstić information content (AvgIpc) is 2.36. The molecule has 0 saturated carbocycles. The normalized spacial score (nSPS) is 10.3. The Hall–Kier alpha value is -1.10. The Kier molecular flexibility index (Phi) is 4.45. The predicted molar refractivity (Wildman–Crippen MR) is 78.5 cm³/mol. The molecule has 0 heterocycles. The third kappa shape index (κ3) is 3.47. The Bertz CT molecular complexity index is 649. The van der Waals surface area contributed by atoms with Crippen molar-refractivity contribution in [3.05, 3.63) is 62.3 Å². The summed E-state index contributed by atoms with van der Waals surface area (Å²) in [6, 6.07) is 8.74. The van der Waals surface area contributed by atoms with Gasteiger partial charge in [0, 0.05) is 10.6 Å². The van der Waals surface area contributed by atoms with Crippen LogP contribution in [0.5, 0.6) is 0 Å². The molecule has 2 aromatic carbocycles. The van der Waals surface area contributed by atoms with Gasteiger partial charge in [-0.1, -0.05) is 23.2 Å². The van der Waals surface area contributed by atoms with Crippen LogP contribution in [0.2, 0.25) is 10.0 Å². The monoisotopic (exact) mass is 361 g/mol. The molecule has 2 aromatic rings. The summed E-state index contributed by atoms with van der Waals surface area (Å²) in [4.78, 5) is 12.0. The lowest BCUT2D eigenvalue weighted by Gasteiger charge is -2.08. The van der Waals surface area contributed by atoms with E-state index in [0.29, 0.717) is 21.3 Å². The van der Waals surface area contributed by atoms with Crippen LogP contribution in [0.4, 0.5) is 10.1 Å². The second-order valence-electron chi connectivity index (χ2n) is 3.71. The van der Waals surface area contributed by atoms with E-state index in [1.54, 1.807) is 12.1 Å². The topological polar surface area (TPSA) is 29.1 Å². The van der Waals surface area contributed by atoms with Crippen molar-refractivity contribution in [3.8, 4) is 0 Å². The van der Waals surface area contributed by atoms with E-state index in [2.05, 4.69) is 21.2 Å². The largest absolute Gasteiger partial charge is 0.321 e. The lowest BCUT2D eigenvalue weighted by atomic mass is 10.2. The van der Waals surface area contributed by atoms with E-state index in [9.17, 15) is 9.18 Å². The van der Waals surface area contributed by atoms with Crippen LogP contribution in [-0.4, -0.2) is 5.91 Å². The standard InChI is InChI=1S/C13H7BrCl2FNO/c14-9-5-7(1-3-11(9)17)13(19)18-12-4-2-8(15)6-10(12)16/h1-6H,(H,18,19). The molecule has 2 rings (SSSR count). The van der Waals surface area contributed by atoms with Gasteiger partial charge in [0.05, 0.1) is 15.2 Å². The van der Waals surface area contributed by atoms with E-state index in [1.807, 2.05) is 0 Å². The smallest absolute Gasteiger partial charge is 0.255 e. The third-order valence-corrected chi connectivity index (χ3v) is 3.52. The number of hydrogen-bond acceptors (Lipinski definition) is 1. The third-order valence-electron chi connectivity index (χ3n) is 2.36. The van der Waals surface area contributed by atoms with Crippen LogP contribution in [0.1, 0.15) is 10.4 Å². The zero-order valence-electron chi connectivity index (χ0n) is 9.38. The maximum Gasteiger partial charge on any atom is 0.255 e. The minimum atomic E-state index is -0.430. The number of anilines is 1. The molecule has 19 heavy (non-hydrogen) atoms. The molecule has 0 radical (unpaired) electrons. The molecule has 0 aliphatic rings. The number of carbonyl (C=O) groups is 1. The molecule has 0 saturated heterocycles. The van der Waals surface area contributed by atoms with E-state index >= 15 is 0 Å². The van der Waals surface area contributed by atoms with Gasteiger partial charge in [0.15, 0.2) is 0 Å². The number of rotatable bonds is 2. The van der Waals surface area contributed by atoms with Crippen molar-refractivity contribution in [2.24, 2.45) is 0 Å². The Morgan fingerprint density at radius 3 is 2.53 bits per heavy atom. The molecule has 0 aliphatic heterocycles. The maximum atomic E-state index is 13.1. The van der Waals surface area contributed by atoms with E-state index in [-0.39, 0.29) is 10.4 Å². The fraction of sp³-hybridized carbons (Fsp3) is 0. The summed E-state index contributed by atoms with van der Waals surface area (Å²) in [7, 11) is 0. The fourth-order valence-corrected chi connectivity index (χ4v) is 2.26. The Morgan fingerprint density at radius 2 is 1.89 bits per heavy atom. The first kappa shape index (κ1) is 14.3. The molecule has 0 aliphatic carbocycles. The first-order valence-electron chi connectivity index (χ1n) is 5.19. The molecule has 0 fully saturated rings. The number of benzene rings is 2. The van der Waals surface area contributed by atoms with Gasteiger partial charge in [-0.05, 0) is 52.3 Å². The van der Waals surface area contributed by atoms with Crippen molar-refractivity contribution in [2.45, 2.75) is 0 Å². The maximum absolute atomic E-state index is 13.1. The van der Waals surface area contributed by atoms with Crippen molar-refractivity contribution >= 4 is 50.7 Å². The Balaban J connectivity index is 2.23. The minimum Gasteiger partial charge on any atom is -0.321 e. The van der Waals surface area contributed by atoms with Gasteiger partial charge in [0.1, 0.15) is 5.82 Å². The highest BCUT2D eigenvalue weighted by Crippen LogP contribution is 2.26. The van der Waals surface area contributed by atoms with Crippen molar-refractivity contribution in [1.82, 2.24) is 0 Å². The van der Waals surface area contributed by atoms with E-state index in [0.717, 1.165) is 0 Å². The van der Waals surface area contributed by atoms with Crippen LogP contribution in [0.3, 0.4) is 0 Å². The van der Waals surface area contributed by atoms with Crippen LogP contribution in [0.15, 0.2) is 40.9 Å². The Labute approximate surface area is 127 Å². The SMILES string of the molecule is O=C(Nc1ccc(Cl)cc1Cl)c1ccc(F)c(Br)c1. The van der Waals surface area contributed by atoms with Gasteiger partial charge in [0.2, 0.25) is 0 Å². The van der Waals surface area contributed by atoms with E-state index in [1.165, 1.54) is 24.3 Å². The molecule has 1 amide bonds. The lowest BCUT2D eigenvalue weighted by molar-refractivity contribution is 0.102. The van der Waals surface area contributed by atoms with Crippen LogP contribution in [0, 0.1) is 5.82 Å². The van der Waals surface area contributed by atoms with Gasteiger partial charge in [0.25, 0.3) is 5.91 Å². The number of carbonyl (C=O) groups excluding carboxylic acids is 1. The second-order valence-corrected chi connectivity index (χ2v) is 5.41. The van der Waals surface area contributed by atoms with Gasteiger partial charge >= 0.3 is 0 Å². The molecular formula is C13H7BrCl2FNO. The summed E-state index contributed by atoms with van der Waals surface area (Å²) in [5, 5.41) is 3.44. The average molecular weight is 363 g/mol. The molecular weight excluding hydrogens is 356 g/mol. The summed E-state index contributed by atoms with van der Waals surface area (Å²) < 4.78 is 13.3. The van der Waals surface area contributed by atoms with E-state index in [4.69, 9.17) is 23.2 Å². The highest BCUT2D eigenvalue weighted by molar-refractivity contribution is 9.10. The highest BCUT2D eigenvalue weighted by Gasteiger charge is 2.10. The Morgan fingerprint density at radius 1 is 1.16 bits per heavy atom. The molecule has 98 valence electrons.